The number of piperidine rings is 1. The van der Waals surface area contributed by atoms with Crippen molar-refractivity contribution in [2.45, 2.75) is 37.9 Å². The number of ether oxygens (including phenoxy) is 1. The molecular formula is C17H29N3O. The van der Waals surface area contributed by atoms with Crippen molar-refractivity contribution in [3.05, 3.63) is 29.8 Å². The summed E-state index contributed by atoms with van der Waals surface area (Å²) in [5.41, 5.74) is 7.51. The monoisotopic (exact) mass is 291 g/mol. The number of hydrogen-bond acceptors (Lipinski definition) is 4. The summed E-state index contributed by atoms with van der Waals surface area (Å²) in [5.74, 6) is 0.930. The Morgan fingerprint density at radius 2 is 1.90 bits per heavy atom. The Morgan fingerprint density at radius 1 is 1.29 bits per heavy atom. The standard InChI is InChI=1S/C17H29N3O/c1-13(18)17(15-7-5-6-8-16(15)21-4)20(3)14-9-11-19(2)12-10-14/h5-8,13-14,17H,9-12,18H2,1-4H3. The molecule has 2 atom stereocenters. The quantitative estimate of drug-likeness (QED) is 0.902. The molecule has 2 unspecified atom stereocenters. The van der Waals surface area contributed by atoms with Crippen LogP contribution in [0.2, 0.25) is 0 Å². The van der Waals surface area contributed by atoms with Crippen LogP contribution in [0.3, 0.4) is 0 Å². The Bertz CT molecular complexity index is 441. The van der Waals surface area contributed by atoms with Crippen LogP contribution in [-0.4, -0.2) is 56.2 Å². The lowest BCUT2D eigenvalue weighted by Crippen LogP contribution is -2.47. The van der Waals surface area contributed by atoms with Crippen molar-refractivity contribution >= 4 is 0 Å². The van der Waals surface area contributed by atoms with Gasteiger partial charge in [-0.3, -0.25) is 4.90 Å². The van der Waals surface area contributed by atoms with Gasteiger partial charge in [0, 0.05) is 17.6 Å². The van der Waals surface area contributed by atoms with Gasteiger partial charge in [0.15, 0.2) is 0 Å². The maximum atomic E-state index is 6.32. The van der Waals surface area contributed by atoms with Gasteiger partial charge < -0.3 is 15.4 Å². The Morgan fingerprint density at radius 3 is 2.48 bits per heavy atom. The Hall–Kier alpha value is -1.10. The third-order valence-corrected chi connectivity index (χ3v) is 4.66. The highest BCUT2D eigenvalue weighted by Gasteiger charge is 2.30. The topological polar surface area (TPSA) is 41.7 Å². The third-order valence-electron chi connectivity index (χ3n) is 4.66. The first-order chi connectivity index (χ1) is 10.0. The number of para-hydroxylation sites is 1. The number of methoxy groups -OCH3 is 1. The minimum atomic E-state index is 0.0611. The molecule has 1 fully saturated rings. The van der Waals surface area contributed by atoms with E-state index in [0.29, 0.717) is 6.04 Å². The highest BCUT2D eigenvalue weighted by molar-refractivity contribution is 5.36. The van der Waals surface area contributed by atoms with E-state index in [9.17, 15) is 0 Å². The second-order valence-electron chi connectivity index (χ2n) is 6.25. The zero-order valence-corrected chi connectivity index (χ0v) is 13.7. The van der Waals surface area contributed by atoms with E-state index in [-0.39, 0.29) is 12.1 Å². The van der Waals surface area contributed by atoms with E-state index in [4.69, 9.17) is 10.5 Å². The summed E-state index contributed by atoms with van der Waals surface area (Å²) in [6, 6.07) is 9.07. The SMILES string of the molecule is COc1ccccc1C(C(C)N)N(C)C1CCN(C)CC1. The molecule has 1 aliphatic heterocycles. The van der Waals surface area contributed by atoms with Crippen LogP contribution in [0, 0.1) is 0 Å². The smallest absolute Gasteiger partial charge is 0.123 e. The Kier molecular flexibility index (Phi) is 5.62. The van der Waals surface area contributed by atoms with Gasteiger partial charge in [-0.2, -0.15) is 0 Å². The largest absolute Gasteiger partial charge is 0.496 e. The van der Waals surface area contributed by atoms with Crippen molar-refractivity contribution in [1.29, 1.82) is 0 Å². The van der Waals surface area contributed by atoms with E-state index in [1.807, 2.05) is 12.1 Å². The van der Waals surface area contributed by atoms with Crippen molar-refractivity contribution in [3.63, 3.8) is 0 Å². The van der Waals surface area contributed by atoms with Crippen molar-refractivity contribution < 1.29 is 4.74 Å². The van der Waals surface area contributed by atoms with Gasteiger partial charge in [-0.25, -0.2) is 0 Å². The maximum absolute atomic E-state index is 6.32. The molecule has 4 heteroatoms. The van der Waals surface area contributed by atoms with Crippen LogP contribution >= 0.6 is 0 Å². The highest BCUT2D eigenvalue weighted by atomic mass is 16.5. The van der Waals surface area contributed by atoms with Crippen LogP contribution in [0.15, 0.2) is 24.3 Å². The molecule has 0 aromatic heterocycles. The van der Waals surface area contributed by atoms with E-state index in [0.717, 1.165) is 18.8 Å². The predicted molar refractivity (Wildman–Crippen MR) is 87.7 cm³/mol. The van der Waals surface area contributed by atoms with Gasteiger partial charge in [-0.15, -0.1) is 0 Å². The summed E-state index contributed by atoms with van der Waals surface area (Å²) in [6.45, 7) is 4.40. The lowest BCUT2D eigenvalue weighted by molar-refractivity contribution is 0.0957. The van der Waals surface area contributed by atoms with Gasteiger partial charge in [0.1, 0.15) is 5.75 Å². The zero-order chi connectivity index (χ0) is 15.4. The molecule has 118 valence electrons. The molecule has 1 heterocycles. The Labute approximate surface area is 128 Å². The fraction of sp³-hybridized carbons (Fsp3) is 0.647. The average molecular weight is 291 g/mol. The number of benzene rings is 1. The summed E-state index contributed by atoms with van der Waals surface area (Å²) < 4.78 is 5.54. The molecule has 0 spiro atoms. The van der Waals surface area contributed by atoms with Crippen molar-refractivity contribution in [3.8, 4) is 5.75 Å². The van der Waals surface area contributed by atoms with Crippen LogP contribution in [0.5, 0.6) is 5.75 Å². The van der Waals surface area contributed by atoms with Crippen molar-refractivity contribution in [2.75, 3.05) is 34.3 Å². The van der Waals surface area contributed by atoms with Gasteiger partial charge in [-0.1, -0.05) is 18.2 Å². The summed E-state index contributed by atoms with van der Waals surface area (Å²) in [5, 5.41) is 0. The van der Waals surface area contributed by atoms with Gasteiger partial charge in [-0.05, 0) is 53.0 Å². The predicted octanol–water partition coefficient (Wildman–Crippen LogP) is 2.11. The van der Waals surface area contributed by atoms with Crippen molar-refractivity contribution in [2.24, 2.45) is 5.73 Å². The second kappa shape index (κ2) is 7.25. The normalized spacial score (nSPS) is 20.5. The number of likely N-dealkylation sites (N-methyl/N-ethyl adjacent to an activating group) is 1. The van der Waals surface area contributed by atoms with Gasteiger partial charge >= 0.3 is 0 Å². The Balaban J connectivity index is 2.22. The molecule has 0 bridgehead atoms. The zero-order valence-electron chi connectivity index (χ0n) is 13.7. The number of nitrogens with zero attached hydrogens (tertiary/aromatic N) is 2. The molecule has 1 aliphatic rings. The van der Waals surface area contributed by atoms with Crippen LogP contribution < -0.4 is 10.5 Å². The summed E-state index contributed by atoms with van der Waals surface area (Å²) >= 11 is 0. The van der Waals surface area contributed by atoms with Crippen LogP contribution in [0.1, 0.15) is 31.4 Å². The lowest BCUT2D eigenvalue weighted by atomic mass is 9.94. The first-order valence-corrected chi connectivity index (χ1v) is 7.83. The molecule has 0 aliphatic carbocycles. The lowest BCUT2D eigenvalue weighted by Gasteiger charge is -2.41. The highest BCUT2D eigenvalue weighted by Crippen LogP contribution is 2.33. The molecule has 0 saturated carbocycles. The molecule has 0 amide bonds. The molecule has 1 aromatic carbocycles. The fourth-order valence-electron chi connectivity index (χ4n) is 3.41. The second-order valence-corrected chi connectivity index (χ2v) is 6.25. The molecule has 4 nitrogen and oxygen atoms in total. The molecule has 0 radical (unpaired) electrons. The minimum Gasteiger partial charge on any atom is -0.496 e. The number of likely N-dealkylation sites (tertiary alicyclic amines) is 1. The molecule has 2 N–H and O–H groups in total. The third kappa shape index (κ3) is 3.76. The number of nitrogens with two attached hydrogens (primary N) is 1. The van der Waals surface area contributed by atoms with E-state index < -0.39 is 0 Å². The molecule has 2 rings (SSSR count). The van der Waals surface area contributed by atoms with Gasteiger partial charge in [0.05, 0.1) is 13.2 Å². The van der Waals surface area contributed by atoms with E-state index in [1.54, 1.807) is 7.11 Å². The minimum absolute atomic E-state index is 0.0611. The number of rotatable bonds is 5. The van der Waals surface area contributed by atoms with E-state index in [1.165, 1.54) is 18.4 Å². The van der Waals surface area contributed by atoms with Crippen LogP contribution in [0.4, 0.5) is 0 Å². The van der Waals surface area contributed by atoms with Crippen LogP contribution in [-0.2, 0) is 0 Å². The van der Waals surface area contributed by atoms with E-state index >= 15 is 0 Å². The maximum Gasteiger partial charge on any atom is 0.123 e. The van der Waals surface area contributed by atoms with Gasteiger partial charge in [0.25, 0.3) is 0 Å². The molecule has 21 heavy (non-hydrogen) atoms. The van der Waals surface area contributed by atoms with Crippen LogP contribution in [0.25, 0.3) is 0 Å². The number of hydrogen-bond donors (Lipinski definition) is 1. The fourth-order valence-corrected chi connectivity index (χ4v) is 3.41. The average Bonchev–Trinajstić information content (AvgIpc) is 2.48. The summed E-state index contributed by atoms with van der Waals surface area (Å²) in [6.07, 6.45) is 2.40. The van der Waals surface area contributed by atoms with E-state index in [2.05, 4.69) is 43.0 Å². The van der Waals surface area contributed by atoms with Gasteiger partial charge in [0.2, 0.25) is 0 Å². The molecular weight excluding hydrogens is 262 g/mol. The summed E-state index contributed by atoms with van der Waals surface area (Å²) in [7, 11) is 6.13. The van der Waals surface area contributed by atoms with Crippen molar-refractivity contribution in [1.82, 2.24) is 9.80 Å². The first-order valence-electron chi connectivity index (χ1n) is 7.83. The first kappa shape index (κ1) is 16.3. The summed E-state index contributed by atoms with van der Waals surface area (Å²) in [4.78, 5) is 4.85. The molecule has 1 aromatic rings. The molecule has 1 saturated heterocycles.